The summed E-state index contributed by atoms with van der Waals surface area (Å²) in [6.07, 6.45) is 5.52. The summed E-state index contributed by atoms with van der Waals surface area (Å²) in [6.45, 7) is 0.365. The van der Waals surface area contributed by atoms with Gasteiger partial charge < -0.3 is 20.4 Å². The average molecular weight is 439 g/mol. The third-order valence-electron chi connectivity index (χ3n) is 6.71. The van der Waals surface area contributed by atoms with Gasteiger partial charge >= 0.3 is 6.03 Å². The van der Waals surface area contributed by atoms with Crippen molar-refractivity contribution in [3.8, 4) is 0 Å². The van der Waals surface area contributed by atoms with Gasteiger partial charge in [0.1, 0.15) is 5.52 Å². The zero-order chi connectivity index (χ0) is 20.9. The summed E-state index contributed by atoms with van der Waals surface area (Å²) in [7, 11) is 0. The standard InChI is InChI=1S/C21H25ClF2N4O2/c22-13-10-14-18(16-17(13)27-19(29)28-20(16)6-2-1-3-7-20)30-15(26-14)11-25-12-4-8-21(23,24)9-5-12/h10,12,25H,1-9,11H2,(H2,27,28,29). The number of alkyl halides is 2. The van der Waals surface area contributed by atoms with Crippen molar-refractivity contribution in [2.75, 3.05) is 5.32 Å². The molecule has 162 valence electrons. The average Bonchev–Trinajstić information content (AvgIpc) is 3.10. The number of hydrogen-bond acceptors (Lipinski definition) is 4. The van der Waals surface area contributed by atoms with Gasteiger partial charge in [-0.25, -0.2) is 18.6 Å². The van der Waals surface area contributed by atoms with Crippen molar-refractivity contribution in [3.05, 3.63) is 22.5 Å². The van der Waals surface area contributed by atoms with E-state index < -0.39 is 11.5 Å². The summed E-state index contributed by atoms with van der Waals surface area (Å²) in [5.41, 5.74) is 2.25. The van der Waals surface area contributed by atoms with Crippen LogP contribution in [0.2, 0.25) is 5.02 Å². The topological polar surface area (TPSA) is 79.2 Å². The Balaban J connectivity index is 1.45. The second-order valence-electron chi connectivity index (χ2n) is 8.80. The number of nitrogens with zero attached hydrogens (tertiary/aromatic N) is 1. The molecule has 2 saturated carbocycles. The monoisotopic (exact) mass is 438 g/mol. The normalized spacial score (nSPS) is 23.2. The molecule has 0 saturated heterocycles. The van der Waals surface area contributed by atoms with Crippen LogP contribution in [0.4, 0.5) is 19.3 Å². The smallest absolute Gasteiger partial charge is 0.319 e. The molecule has 1 aliphatic heterocycles. The maximum atomic E-state index is 13.4. The first kappa shape index (κ1) is 20.0. The van der Waals surface area contributed by atoms with Gasteiger partial charge in [-0.05, 0) is 31.7 Å². The quantitative estimate of drug-likeness (QED) is 0.596. The first-order valence-corrected chi connectivity index (χ1v) is 11.1. The van der Waals surface area contributed by atoms with Crippen LogP contribution in [0.3, 0.4) is 0 Å². The molecule has 2 fully saturated rings. The van der Waals surface area contributed by atoms with Crippen LogP contribution < -0.4 is 16.0 Å². The molecule has 30 heavy (non-hydrogen) atoms. The Hall–Kier alpha value is -1.93. The number of carbonyl (C=O) groups excluding carboxylic acids is 1. The molecule has 0 unspecified atom stereocenters. The molecule has 0 bridgehead atoms. The second-order valence-corrected chi connectivity index (χ2v) is 9.20. The van der Waals surface area contributed by atoms with E-state index in [1.54, 1.807) is 6.07 Å². The van der Waals surface area contributed by atoms with Crippen LogP contribution in [0.1, 0.15) is 69.2 Å². The lowest BCUT2D eigenvalue weighted by molar-refractivity contribution is -0.0406. The fourth-order valence-corrected chi connectivity index (χ4v) is 5.41. The van der Waals surface area contributed by atoms with E-state index in [0.717, 1.165) is 37.7 Å². The van der Waals surface area contributed by atoms with Crippen molar-refractivity contribution in [3.63, 3.8) is 0 Å². The predicted molar refractivity (Wildman–Crippen MR) is 110 cm³/mol. The molecule has 2 aliphatic carbocycles. The number of nitrogens with one attached hydrogen (secondary N) is 3. The summed E-state index contributed by atoms with van der Waals surface area (Å²) in [5, 5.41) is 9.71. The predicted octanol–water partition coefficient (Wildman–Crippen LogP) is 5.44. The molecule has 9 heteroatoms. The molecule has 1 spiro atoms. The van der Waals surface area contributed by atoms with E-state index in [2.05, 4.69) is 20.9 Å². The number of oxazole rings is 1. The van der Waals surface area contributed by atoms with Crippen LogP contribution in [-0.4, -0.2) is 23.0 Å². The Labute approximate surface area is 178 Å². The van der Waals surface area contributed by atoms with Gasteiger partial charge in [-0.15, -0.1) is 0 Å². The van der Waals surface area contributed by atoms with E-state index in [1.165, 1.54) is 0 Å². The zero-order valence-electron chi connectivity index (χ0n) is 16.6. The number of rotatable bonds is 3. The highest BCUT2D eigenvalue weighted by atomic mass is 35.5. The van der Waals surface area contributed by atoms with Crippen LogP contribution >= 0.6 is 11.6 Å². The molecule has 2 aromatic rings. The summed E-state index contributed by atoms with van der Waals surface area (Å²) in [5.74, 6) is -2.05. The summed E-state index contributed by atoms with van der Waals surface area (Å²) in [6, 6.07) is 1.50. The van der Waals surface area contributed by atoms with Gasteiger partial charge in [0, 0.05) is 24.4 Å². The molecule has 2 heterocycles. The highest BCUT2D eigenvalue weighted by Gasteiger charge is 2.44. The van der Waals surface area contributed by atoms with Crippen molar-refractivity contribution < 1.29 is 18.0 Å². The minimum atomic E-state index is -2.54. The van der Waals surface area contributed by atoms with Crippen molar-refractivity contribution in [2.24, 2.45) is 0 Å². The summed E-state index contributed by atoms with van der Waals surface area (Å²) in [4.78, 5) is 16.9. The zero-order valence-corrected chi connectivity index (χ0v) is 17.4. The Bertz CT molecular complexity index is 977. The molecule has 0 radical (unpaired) electrons. The number of benzene rings is 1. The summed E-state index contributed by atoms with van der Waals surface area (Å²) >= 11 is 6.51. The Kier molecular flexibility index (Phi) is 4.89. The van der Waals surface area contributed by atoms with Gasteiger partial charge in [0.25, 0.3) is 0 Å². The molecule has 1 aromatic heterocycles. The number of anilines is 1. The highest BCUT2D eigenvalue weighted by Crippen LogP contribution is 2.48. The van der Waals surface area contributed by atoms with Gasteiger partial charge in [0.2, 0.25) is 11.8 Å². The fraction of sp³-hybridized carbons (Fsp3) is 0.619. The van der Waals surface area contributed by atoms with E-state index in [1.807, 2.05) is 0 Å². The lowest BCUT2D eigenvalue weighted by atomic mass is 9.74. The Morgan fingerprint density at radius 3 is 2.67 bits per heavy atom. The Morgan fingerprint density at radius 2 is 1.93 bits per heavy atom. The molecule has 2 amide bonds. The molecule has 6 nitrogen and oxygen atoms in total. The lowest BCUT2D eigenvalue weighted by Gasteiger charge is -2.42. The number of amides is 2. The summed E-state index contributed by atoms with van der Waals surface area (Å²) < 4.78 is 32.9. The van der Waals surface area contributed by atoms with Crippen LogP contribution in [0.15, 0.2) is 10.5 Å². The highest BCUT2D eigenvalue weighted by molar-refractivity contribution is 6.35. The fourth-order valence-electron chi connectivity index (χ4n) is 5.17. The van der Waals surface area contributed by atoms with Crippen molar-refractivity contribution in [2.45, 2.75) is 81.8 Å². The molecular weight excluding hydrogens is 414 g/mol. The van der Waals surface area contributed by atoms with Gasteiger partial charge in [0.05, 0.1) is 22.8 Å². The largest absolute Gasteiger partial charge is 0.439 e. The first-order chi connectivity index (χ1) is 14.4. The molecule has 0 atom stereocenters. The first-order valence-electron chi connectivity index (χ1n) is 10.7. The van der Waals surface area contributed by atoms with Crippen LogP contribution in [-0.2, 0) is 12.1 Å². The molecule has 1 aromatic carbocycles. The molecule has 3 N–H and O–H groups in total. The van der Waals surface area contributed by atoms with E-state index >= 15 is 0 Å². The van der Waals surface area contributed by atoms with Crippen LogP contribution in [0, 0.1) is 0 Å². The lowest BCUT2D eigenvalue weighted by Crippen LogP contribution is -2.52. The van der Waals surface area contributed by atoms with Crippen LogP contribution in [0.5, 0.6) is 0 Å². The number of hydrogen-bond donors (Lipinski definition) is 3. The maximum absolute atomic E-state index is 13.4. The second kappa shape index (κ2) is 7.34. The van der Waals surface area contributed by atoms with Crippen molar-refractivity contribution >= 4 is 34.4 Å². The van der Waals surface area contributed by atoms with Gasteiger partial charge in [-0.3, -0.25) is 0 Å². The van der Waals surface area contributed by atoms with Crippen molar-refractivity contribution in [1.29, 1.82) is 0 Å². The third-order valence-corrected chi connectivity index (χ3v) is 7.01. The van der Waals surface area contributed by atoms with E-state index in [4.69, 9.17) is 16.0 Å². The van der Waals surface area contributed by atoms with E-state index in [0.29, 0.717) is 47.1 Å². The number of fused-ring (bicyclic) bond motifs is 4. The SMILES string of the molecule is O=C1Nc2c(Cl)cc3nc(CNC4CCC(F)(F)CC4)oc3c2C2(CCCCC2)N1. The van der Waals surface area contributed by atoms with Gasteiger partial charge in [-0.1, -0.05) is 30.9 Å². The molecular formula is C21H25ClF2N4O2. The third kappa shape index (κ3) is 3.54. The van der Waals surface area contributed by atoms with Crippen LogP contribution in [0.25, 0.3) is 11.1 Å². The number of halogens is 3. The minimum absolute atomic E-state index is 0.0304. The molecule has 3 aliphatic rings. The van der Waals surface area contributed by atoms with Crippen molar-refractivity contribution in [1.82, 2.24) is 15.6 Å². The Morgan fingerprint density at radius 1 is 1.20 bits per heavy atom. The number of urea groups is 1. The van der Waals surface area contributed by atoms with E-state index in [9.17, 15) is 13.6 Å². The number of carbonyl (C=O) groups is 1. The number of aromatic nitrogens is 1. The van der Waals surface area contributed by atoms with E-state index in [-0.39, 0.29) is 24.9 Å². The maximum Gasteiger partial charge on any atom is 0.319 e. The minimum Gasteiger partial charge on any atom is -0.439 e. The van der Waals surface area contributed by atoms with Gasteiger partial charge in [0.15, 0.2) is 5.58 Å². The van der Waals surface area contributed by atoms with Gasteiger partial charge in [-0.2, -0.15) is 0 Å². The molecule has 5 rings (SSSR count).